The van der Waals surface area contributed by atoms with Crippen molar-refractivity contribution in [2.45, 2.75) is 129 Å². The van der Waals surface area contributed by atoms with Gasteiger partial charge in [0, 0.05) is 6.42 Å². The molecule has 0 spiro atoms. The normalized spacial score (nSPS) is 11.1. The van der Waals surface area contributed by atoms with Gasteiger partial charge in [-0.25, -0.2) is 0 Å². The molecule has 0 bridgehead atoms. The second-order valence-corrected chi connectivity index (χ2v) is 8.74. The fourth-order valence-corrected chi connectivity index (χ4v) is 4.28. The van der Waals surface area contributed by atoms with Crippen LogP contribution in [0.4, 0.5) is 0 Å². The topological polar surface area (TPSA) is 17.1 Å². The molecule has 0 saturated heterocycles. The summed E-state index contributed by atoms with van der Waals surface area (Å²) in [6.45, 7) is 2.29. The number of hydrogen-bond donors (Lipinski definition) is 0. The van der Waals surface area contributed by atoms with Gasteiger partial charge in [-0.15, -0.1) is 0 Å². The Morgan fingerprint density at radius 3 is 1.28 bits per heavy atom. The van der Waals surface area contributed by atoms with E-state index in [-0.39, 0.29) is 0 Å². The number of unbranched alkanes of at least 4 members (excludes halogenated alkanes) is 17. The first kappa shape index (κ1) is 25.0. The second-order valence-electron chi connectivity index (χ2n) is 7.52. The van der Waals surface area contributed by atoms with Crippen molar-refractivity contribution in [2.75, 3.05) is 11.5 Å². The van der Waals surface area contributed by atoms with Gasteiger partial charge >= 0.3 is 0 Å². The van der Waals surface area contributed by atoms with E-state index in [1.807, 2.05) is 6.29 Å². The van der Waals surface area contributed by atoms with Crippen LogP contribution in [0.5, 0.6) is 0 Å². The number of carbonyl (C=O) groups excluding carboxylic acids is 1. The molecule has 1 nitrogen and oxygen atoms in total. The minimum atomic E-state index is 0.625. The molecule has 0 aliphatic rings. The summed E-state index contributed by atoms with van der Waals surface area (Å²) in [5, 5.41) is 0. The van der Waals surface area contributed by atoms with Crippen LogP contribution in [0.2, 0.25) is 0 Å². The highest BCUT2D eigenvalue weighted by molar-refractivity contribution is 7.99. The third kappa shape index (κ3) is 24.0. The summed E-state index contributed by atoms with van der Waals surface area (Å²) in [6.07, 6.45) is 27.9. The predicted molar refractivity (Wildman–Crippen MR) is 116 cm³/mol. The highest BCUT2D eigenvalue weighted by Crippen LogP contribution is 2.15. The Kier molecular flexibility index (Phi) is 24.0. The number of hydrogen-bond acceptors (Lipinski definition) is 2. The molecule has 0 aliphatic carbocycles. The van der Waals surface area contributed by atoms with Crippen molar-refractivity contribution in [3.8, 4) is 0 Å². The van der Waals surface area contributed by atoms with Gasteiger partial charge in [-0.2, -0.15) is 11.8 Å². The van der Waals surface area contributed by atoms with Crippen molar-refractivity contribution in [1.82, 2.24) is 0 Å². The summed E-state index contributed by atoms with van der Waals surface area (Å²) in [6, 6.07) is 0. The Hall–Kier alpha value is 0.0200. The van der Waals surface area contributed by atoms with Gasteiger partial charge in [-0.05, 0) is 30.8 Å². The van der Waals surface area contributed by atoms with Crippen molar-refractivity contribution < 1.29 is 4.79 Å². The smallest absolute Gasteiger partial charge is 0.198 e. The van der Waals surface area contributed by atoms with E-state index in [2.05, 4.69) is 18.7 Å². The summed E-state index contributed by atoms with van der Waals surface area (Å²) in [7, 11) is 0. The molecule has 0 aromatic carbocycles. The summed E-state index contributed by atoms with van der Waals surface area (Å²) >= 11 is 2.06. The van der Waals surface area contributed by atoms with Gasteiger partial charge < -0.3 is 0 Å². The van der Waals surface area contributed by atoms with Crippen LogP contribution in [0.3, 0.4) is 0 Å². The van der Waals surface area contributed by atoms with Crippen LogP contribution in [0.15, 0.2) is 0 Å². The molecule has 0 aromatic rings. The first-order valence-corrected chi connectivity index (χ1v) is 12.5. The first-order valence-electron chi connectivity index (χ1n) is 11.3. The molecule has 0 aromatic heterocycles. The standard InChI is InChI=1S/C23H45OS/c1-2-3-4-5-6-7-8-9-10-11-12-13-14-15-16-19-22-25-23-20-17-18-21-24/h2-20,22-23H2,1H3. The fraction of sp³-hybridized carbons (Fsp3) is 0.957. The molecule has 0 heterocycles. The quantitative estimate of drug-likeness (QED) is 0.179. The van der Waals surface area contributed by atoms with Crippen molar-refractivity contribution in [2.24, 2.45) is 0 Å². The van der Waals surface area contributed by atoms with Gasteiger partial charge in [0.25, 0.3) is 0 Å². The van der Waals surface area contributed by atoms with E-state index in [4.69, 9.17) is 0 Å². The fourth-order valence-electron chi connectivity index (χ4n) is 3.26. The third-order valence-corrected chi connectivity index (χ3v) is 6.11. The molecular weight excluding hydrogens is 324 g/mol. The average Bonchev–Trinajstić information content (AvgIpc) is 2.63. The predicted octanol–water partition coefficient (Wildman–Crippen LogP) is 8.26. The molecule has 0 unspecified atom stereocenters. The highest BCUT2D eigenvalue weighted by atomic mass is 32.2. The second kappa shape index (κ2) is 24.0. The molecule has 0 atom stereocenters. The van der Waals surface area contributed by atoms with Gasteiger partial charge in [0.2, 0.25) is 0 Å². The van der Waals surface area contributed by atoms with Crippen molar-refractivity contribution in [3.05, 3.63) is 0 Å². The molecular formula is C23H45OS. The summed E-state index contributed by atoms with van der Waals surface area (Å²) in [5.41, 5.74) is 0. The molecule has 0 rings (SSSR count). The first-order chi connectivity index (χ1) is 12.4. The van der Waals surface area contributed by atoms with Gasteiger partial charge in [0.15, 0.2) is 6.29 Å². The van der Waals surface area contributed by atoms with Crippen molar-refractivity contribution in [1.29, 1.82) is 0 Å². The molecule has 1 radical (unpaired) electrons. The van der Waals surface area contributed by atoms with E-state index >= 15 is 0 Å². The van der Waals surface area contributed by atoms with Crippen LogP contribution < -0.4 is 0 Å². The zero-order chi connectivity index (χ0) is 18.3. The Morgan fingerprint density at radius 2 is 0.880 bits per heavy atom. The lowest BCUT2D eigenvalue weighted by Gasteiger charge is -2.04. The lowest BCUT2D eigenvalue weighted by molar-refractivity contribution is 0.531. The van der Waals surface area contributed by atoms with E-state index in [1.54, 1.807) is 0 Å². The maximum atomic E-state index is 10.1. The third-order valence-electron chi connectivity index (χ3n) is 4.96. The van der Waals surface area contributed by atoms with E-state index in [0.717, 1.165) is 6.42 Å². The molecule has 0 aliphatic heterocycles. The molecule has 0 N–H and O–H groups in total. The molecule has 0 saturated carbocycles. The van der Waals surface area contributed by atoms with Crippen molar-refractivity contribution >= 4 is 18.0 Å². The zero-order valence-corrected chi connectivity index (χ0v) is 18.0. The largest absolute Gasteiger partial charge is 0.291 e. The molecule has 0 fully saturated rings. The molecule has 25 heavy (non-hydrogen) atoms. The van der Waals surface area contributed by atoms with Gasteiger partial charge in [0.1, 0.15) is 0 Å². The van der Waals surface area contributed by atoms with E-state index < -0.39 is 0 Å². The Morgan fingerprint density at radius 1 is 0.520 bits per heavy atom. The van der Waals surface area contributed by atoms with Crippen molar-refractivity contribution in [3.63, 3.8) is 0 Å². The van der Waals surface area contributed by atoms with E-state index in [1.165, 1.54) is 121 Å². The lowest BCUT2D eigenvalue weighted by atomic mass is 10.0. The Balaban J connectivity index is 2.95. The van der Waals surface area contributed by atoms with Gasteiger partial charge in [-0.3, -0.25) is 4.79 Å². The minimum Gasteiger partial charge on any atom is -0.291 e. The van der Waals surface area contributed by atoms with Crippen LogP contribution in [-0.4, -0.2) is 17.8 Å². The Bertz CT molecular complexity index is 242. The highest BCUT2D eigenvalue weighted by Gasteiger charge is 1.95. The average molecular weight is 370 g/mol. The SMILES string of the molecule is CCCCCCCCCCCCCCCCCCSCCCC[C]=O. The molecule has 2 heteroatoms. The van der Waals surface area contributed by atoms with Gasteiger partial charge in [0.05, 0.1) is 0 Å². The Labute approximate surface area is 163 Å². The van der Waals surface area contributed by atoms with Crippen LogP contribution >= 0.6 is 11.8 Å². The maximum Gasteiger partial charge on any atom is 0.198 e. The summed E-state index contributed by atoms with van der Waals surface area (Å²) < 4.78 is 0. The maximum absolute atomic E-state index is 10.1. The van der Waals surface area contributed by atoms with E-state index in [0.29, 0.717) is 6.42 Å². The lowest BCUT2D eigenvalue weighted by Crippen LogP contribution is -1.87. The number of rotatable bonds is 22. The van der Waals surface area contributed by atoms with Crippen LogP contribution in [0.1, 0.15) is 129 Å². The van der Waals surface area contributed by atoms with Crippen LogP contribution in [-0.2, 0) is 4.79 Å². The minimum absolute atomic E-state index is 0.625. The molecule has 149 valence electrons. The summed E-state index contributed by atoms with van der Waals surface area (Å²) in [5.74, 6) is 2.53. The van der Waals surface area contributed by atoms with Crippen LogP contribution in [0.25, 0.3) is 0 Å². The zero-order valence-electron chi connectivity index (χ0n) is 17.2. The molecule has 0 amide bonds. The van der Waals surface area contributed by atoms with E-state index in [9.17, 15) is 4.79 Å². The van der Waals surface area contributed by atoms with Crippen LogP contribution in [0, 0.1) is 0 Å². The summed E-state index contributed by atoms with van der Waals surface area (Å²) in [4.78, 5) is 10.1. The van der Waals surface area contributed by atoms with Gasteiger partial charge in [-0.1, -0.05) is 103 Å². The monoisotopic (exact) mass is 369 g/mol. The number of thioether (sulfide) groups is 1.